The molecule has 6 nitrogen and oxygen atoms in total. The molecule has 1 fully saturated rings. The number of carbonyl (C=O) groups is 1. The van der Waals surface area contributed by atoms with Gasteiger partial charge in [-0.2, -0.15) is 0 Å². The molecule has 21 heavy (non-hydrogen) atoms. The molecule has 1 saturated carbocycles. The lowest BCUT2D eigenvalue weighted by Gasteiger charge is -2.36. The van der Waals surface area contributed by atoms with E-state index in [1.165, 1.54) is 12.8 Å². The zero-order chi connectivity index (χ0) is 15.0. The van der Waals surface area contributed by atoms with E-state index < -0.39 is 5.97 Å². The number of hydrogen-bond donors (Lipinski definition) is 1. The van der Waals surface area contributed by atoms with Crippen molar-refractivity contribution >= 4 is 17.0 Å². The molecule has 6 heteroatoms. The molecular weight excluding hydrogens is 268 g/mol. The minimum atomic E-state index is -0.962. The molecular formula is C15H20N4O2. The summed E-state index contributed by atoms with van der Waals surface area (Å²) in [4.78, 5) is 13.5. The van der Waals surface area contributed by atoms with Gasteiger partial charge in [-0.25, -0.2) is 9.48 Å². The molecule has 112 valence electrons. The van der Waals surface area contributed by atoms with Crippen molar-refractivity contribution in [3.63, 3.8) is 0 Å². The van der Waals surface area contributed by atoms with Crippen molar-refractivity contribution in [1.82, 2.24) is 19.9 Å². The first-order valence-corrected chi connectivity index (χ1v) is 7.26. The van der Waals surface area contributed by atoms with Crippen molar-refractivity contribution < 1.29 is 9.90 Å². The van der Waals surface area contributed by atoms with E-state index in [0.717, 1.165) is 24.9 Å². The van der Waals surface area contributed by atoms with Gasteiger partial charge in [0.05, 0.1) is 17.6 Å². The average Bonchev–Trinajstić information content (AvgIpc) is 3.07. The van der Waals surface area contributed by atoms with Crippen molar-refractivity contribution in [3.8, 4) is 0 Å². The van der Waals surface area contributed by atoms with E-state index in [2.05, 4.69) is 29.3 Å². The monoisotopic (exact) mass is 288 g/mol. The number of rotatable bonds is 4. The third-order valence-electron chi connectivity index (χ3n) is 4.70. The fourth-order valence-corrected chi connectivity index (χ4v) is 3.34. The van der Waals surface area contributed by atoms with Crippen LogP contribution in [-0.4, -0.2) is 50.6 Å². The van der Waals surface area contributed by atoms with Gasteiger partial charge in [-0.15, -0.1) is 5.10 Å². The minimum Gasteiger partial charge on any atom is -0.478 e. The highest BCUT2D eigenvalue weighted by Crippen LogP contribution is 2.35. The Kier molecular flexibility index (Phi) is 3.41. The van der Waals surface area contributed by atoms with Gasteiger partial charge in [0, 0.05) is 5.54 Å². The van der Waals surface area contributed by atoms with Gasteiger partial charge in [-0.1, -0.05) is 24.1 Å². The molecule has 1 N–H and O–H groups in total. The first-order chi connectivity index (χ1) is 10.0. The van der Waals surface area contributed by atoms with E-state index in [0.29, 0.717) is 5.52 Å². The summed E-state index contributed by atoms with van der Waals surface area (Å²) in [7, 11) is 4.21. The Morgan fingerprint density at radius 1 is 1.38 bits per heavy atom. The van der Waals surface area contributed by atoms with Crippen LogP contribution >= 0.6 is 0 Å². The first-order valence-electron chi connectivity index (χ1n) is 7.26. The number of likely N-dealkylation sites (N-methyl/N-ethyl adjacent to an activating group) is 1. The largest absolute Gasteiger partial charge is 0.478 e. The van der Waals surface area contributed by atoms with Gasteiger partial charge in [0.25, 0.3) is 0 Å². The second-order valence-electron chi connectivity index (χ2n) is 6.05. The Labute approximate surface area is 123 Å². The second-order valence-corrected chi connectivity index (χ2v) is 6.05. The van der Waals surface area contributed by atoms with Crippen molar-refractivity contribution in [2.75, 3.05) is 14.1 Å². The molecule has 0 bridgehead atoms. The fraction of sp³-hybridized carbons (Fsp3) is 0.533. The van der Waals surface area contributed by atoms with Gasteiger partial charge < -0.3 is 10.0 Å². The second kappa shape index (κ2) is 5.11. The van der Waals surface area contributed by atoms with Gasteiger partial charge in [-0.05, 0) is 39.1 Å². The number of benzene rings is 1. The predicted molar refractivity (Wildman–Crippen MR) is 79.4 cm³/mol. The van der Waals surface area contributed by atoms with Gasteiger partial charge >= 0.3 is 5.97 Å². The molecule has 3 rings (SSSR count). The van der Waals surface area contributed by atoms with E-state index in [-0.39, 0.29) is 11.1 Å². The summed E-state index contributed by atoms with van der Waals surface area (Å²) in [5.74, 6) is -0.962. The van der Waals surface area contributed by atoms with Crippen LogP contribution in [0.25, 0.3) is 11.0 Å². The van der Waals surface area contributed by atoms with Gasteiger partial charge in [0.1, 0.15) is 5.52 Å². The highest BCUT2D eigenvalue weighted by atomic mass is 16.4. The molecule has 0 aliphatic heterocycles. The number of aromatic nitrogens is 3. The van der Waals surface area contributed by atoms with E-state index >= 15 is 0 Å². The maximum atomic E-state index is 11.3. The van der Waals surface area contributed by atoms with Crippen molar-refractivity contribution in [1.29, 1.82) is 0 Å². The van der Waals surface area contributed by atoms with Gasteiger partial charge in [-0.3, -0.25) is 0 Å². The summed E-state index contributed by atoms with van der Waals surface area (Å²) >= 11 is 0. The van der Waals surface area contributed by atoms with Crippen LogP contribution in [-0.2, 0) is 6.54 Å². The van der Waals surface area contributed by atoms with Gasteiger partial charge in [0.2, 0.25) is 0 Å². The zero-order valence-corrected chi connectivity index (χ0v) is 12.4. The van der Waals surface area contributed by atoms with Crippen LogP contribution in [0, 0.1) is 0 Å². The molecule has 1 aliphatic rings. The highest BCUT2D eigenvalue weighted by molar-refractivity contribution is 6.00. The Bertz CT molecular complexity index is 671. The van der Waals surface area contributed by atoms with Crippen LogP contribution in [0.3, 0.4) is 0 Å². The van der Waals surface area contributed by atoms with Crippen LogP contribution < -0.4 is 0 Å². The van der Waals surface area contributed by atoms with Crippen LogP contribution in [0.2, 0.25) is 0 Å². The summed E-state index contributed by atoms with van der Waals surface area (Å²) in [5.41, 5.74) is 1.57. The van der Waals surface area contributed by atoms with E-state index in [4.69, 9.17) is 0 Å². The quantitative estimate of drug-likeness (QED) is 0.931. The van der Waals surface area contributed by atoms with Crippen LogP contribution in [0.1, 0.15) is 36.0 Å². The van der Waals surface area contributed by atoms with E-state index in [9.17, 15) is 9.90 Å². The van der Waals surface area contributed by atoms with Gasteiger partial charge in [0.15, 0.2) is 0 Å². The molecule has 0 atom stereocenters. The maximum absolute atomic E-state index is 11.3. The molecule has 1 aromatic heterocycles. The normalized spacial score (nSPS) is 17.7. The lowest BCUT2D eigenvalue weighted by molar-refractivity contribution is 0.0699. The standard InChI is InChI=1S/C15H20N4O2/c1-18(2)15(8-3-4-9-15)10-19-12-7-5-6-11(14(20)21)13(12)16-17-19/h5-7H,3-4,8-10H2,1-2H3,(H,20,21). The lowest BCUT2D eigenvalue weighted by atomic mass is 9.96. The predicted octanol–water partition coefficient (Wildman–Crippen LogP) is 2.00. The smallest absolute Gasteiger partial charge is 0.338 e. The molecule has 1 heterocycles. The van der Waals surface area contributed by atoms with Crippen LogP contribution in [0.4, 0.5) is 0 Å². The third kappa shape index (κ3) is 2.29. The van der Waals surface area contributed by atoms with E-state index in [1.807, 2.05) is 10.7 Å². The maximum Gasteiger partial charge on any atom is 0.338 e. The molecule has 2 aromatic rings. The SMILES string of the molecule is CN(C)C1(Cn2nnc3c(C(=O)O)cccc32)CCCC1. The Morgan fingerprint density at radius 2 is 2.10 bits per heavy atom. The number of hydrogen-bond acceptors (Lipinski definition) is 4. The van der Waals surface area contributed by atoms with Crippen molar-refractivity contribution in [2.24, 2.45) is 0 Å². The Hall–Kier alpha value is -1.95. The third-order valence-corrected chi connectivity index (χ3v) is 4.70. The van der Waals surface area contributed by atoms with E-state index in [1.54, 1.807) is 12.1 Å². The zero-order valence-electron chi connectivity index (χ0n) is 12.4. The Balaban J connectivity index is 2.02. The Morgan fingerprint density at radius 3 is 2.71 bits per heavy atom. The summed E-state index contributed by atoms with van der Waals surface area (Å²) in [5, 5.41) is 17.5. The molecule has 0 amide bonds. The summed E-state index contributed by atoms with van der Waals surface area (Å²) in [6, 6.07) is 5.21. The minimum absolute atomic E-state index is 0.0971. The molecule has 1 aliphatic carbocycles. The number of carboxylic acid groups (broad SMARTS) is 1. The molecule has 0 unspecified atom stereocenters. The van der Waals surface area contributed by atoms with Crippen LogP contribution in [0.15, 0.2) is 18.2 Å². The van der Waals surface area contributed by atoms with Crippen molar-refractivity contribution in [2.45, 2.75) is 37.8 Å². The highest BCUT2D eigenvalue weighted by Gasteiger charge is 2.37. The fourth-order valence-electron chi connectivity index (χ4n) is 3.34. The number of fused-ring (bicyclic) bond motifs is 1. The topological polar surface area (TPSA) is 71.2 Å². The average molecular weight is 288 g/mol. The molecule has 0 spiro atoms. The summed E-state index contributed by atoms with van der Waals surface area (Å²) < 4.78 is 1.85. The number of aromatic carboxylic acids is 1. The lowest BCUT2D eigenvalue weighted by Crippen LogP contribution is -2.45. The van der Waals surface area contributed by atoms with Crippen molar-refractivity contribution in [3.05, 3.63) is 23.8 Å². The molecule has 0 saturated heterocycles. The summed E-state index contributed by atoms with van der Waals surface area (Å²) in [6.07, 6.45) is 4.73. The molecule has 1 aromatic carbocycles. The number of nitrogens with zero attached hydrogens (tertiary/aromatic N) is 4. The van der Waals surface area contributed by atoms with Crippen LogP contribution in [0.5, 0.6) is 0 Å². The first kappa shape index (κ1) is 14.0. The summed E-state index contributed by atoms with van der Waals surface area (Å²) in [6.45, 7) is 0.750. The molecule has 0 radical (unpaired) electrons. The number of carboxylic acids is 1.